The van der Waals surface area contributed by atoms with Crippen LogP contribution in [0.4, 0.5) is 0 Å². The number of aromatic nitrogens is 2. The molecule has 0 amide bonds. The predicted molar refractivity (Wildman–Crippen MR) is 72.0 cm³/mol. The van der Waals surface area contributed by atoms with E-state index >= 15 is 0 Å². The molecule has 5 nitrogen and oxygen atoms in total. The second kappa shape index (κ2) is 5.09. The molecule has 0 radical (unpaired) electrons. The van der Waals surface area contributed by atoms with Gasteiger partial charge in [-0.15, -0.1) is 0 Å². The van der Waals surface area contributed by atoms with Gasteiger partial charge < -0.3 is 5.11 Å². The van der Waals surface area contributed by atoms with Gasteiger partial charge in [0.05, 0.1) is 0 Å². The summed E-state index contributed by atoms with van der Waals surface area (Å²) in [4.78, 5) is 20.1. The zero-order valence-corrected chi connectivity index (χ0v) is 11.4. The first-order valence-electron chi connectivity index (χ1n) is 6.61. The van der Waals surface area contributed by atoms with Crippen LogP contribution in [0.5, 0.6) is 0 Å². The smallest absolute Gasteiger partial charge is 0.325 e. The third-order valence-electron chi connectivity index (χ3n) is 3.67. The van der Waals surface area contributed by atoms with Crippen molar-refractivity contribution >= 4 is 17.7 Å². The molecule has 3 rings (SSSR count). The highest BCUT2D eigenvalue weighted by Gasteiger charge is 2.53. The Balaban J connectivity index is 1.72. The standard InChI is InChI=1S/C13H17N3O2S/c17-11(18)13(9-2-3-9,16-10-4-5-10)8-19-12-14-6-1-7-15-12/h1,6-7,9-10,16H,2-5,8H2,(H,17,18). The molecule has 2 fully saturated rings. The number of nitrogens with zero attached hydrogens (tertiary/aromatic N) is 2. The van der Waals surface area contributed by atoms with E-state index in [-0.39, 0.29) is 5.92 Å². The summed E-state index contributed by atoms with van der Waals surface area (Å²) in [6, 6.07) is 2.15. The molecule has 2 N–H and O–H groups in total. The molecule has 1 aromatic rings. The molecule has 2 aliphatic carbocycles. The number of aliphatic carboxylic acids is 1. The number of hydrogen-bond donors (Lipinski definition) is 2. The van der Waals surface area contributed by atoms with E-state index in [2.05, 4.69) is 15.3 Å². The number of carbonyl (C=O) groups is 1. The molecule has 1 heterocycles. The highest BCUT2D eigenvalue weighted by molar-refractivity contribution is 7.99. The van der Waals surface area contributed by atoms with Crippen LogP contribution in [0.2, 0.25) is 0 Å². The Morgan fingerprint density at radius 3 is 2.58 bits per heavy atom. The molecule has 2 aliphatic rings. The zero-order chi connectivity index (χ0) is 13.3. The minimum atomic E-state index is -0.801. The van der Waals surface area contributed by atoms with Crippen LogP contribution in [0.1, 0.15) is 25.7 Å². The van der Waals surface area contributed by atoms with Gasteiger partial charge in [0.1, 0.15) is 5.54 Å². The highest BCUT2D eigenvalue weighted by atomic mass is 32.2. The van der Waals surface area contributed by atoms with E-state index in [1.54, 1.807) is 18.5 Å². The predicted octanol–water partition coefficient (Wildman–Crippen LogP) is 1.55. The van der Waals surface area contributed by atoms with Crippen molar-refractivity contribution in [3.8, 4) is 0 Å². The fourth-order valence-corrected chi connectivity index (χ4v) is 3.35. The van der Waals surface area contributed by atoms with Gasteiger partial charge >= 0.3 is 5.97 Å². The van der Waals surface area contributed by atoms with Crippen molar-refractivity contribution in [3.05, 3.63) is 18.5 Å². The molecule has 102 valence electrons. The fourth-order valence-electron chi connectivity index (χ4n) is 2.28. The van der Waals surface area contributed by atoms with Crippen LogP contribution in [0, 0.1) is 5.92 Å². The van der Waals surface area contributed by atoms with E-state index in [1.807, 2.05) is 0 Å². The summed E-state index contributed by atoms with van der Waals surface area (Å²) in [5, 5.41) is 13.7. The molecule has 0 spiro atoms. The van der Waals surface area contributed by atoms with Gasteiger partial charge in [-0.05, 0) is 37.7 Å². The maximum atomic E-state index is 11.8. The SMILES string of the molecule is O=C(O)C(CSc1ncccn1)(NC1CC1)C1CC1. The zero-order valence-electron chi connectivity index (χ0n) is 10.6. The van der Waals surface area contributed by atoms with Crippen LogP contribution < -0.4 is 5.32 Å². The Kier molecular flexibility index (Phi) is 3.45. The number of rotatable bonds is 7. The largest absolute Gasteiger partial charge is 0.480 e. The summed E-state index contributed by atoms with van der Waals surface area (Å²) >= 11 is 1.43. The first kappa shape index (κ1) is 12.9. The van der Waals surface area contributed by atoms with Gasteiger partial charge in [0.15, 0.2) is 5.16 Å². The third-order valence-corrected chi connectivity index (χ3v) is 4.73. The topological polar surface area (TPSA) is 75.1 Å². The molecular formula is C13H17N3O2S. The van der Waals surface area contributed by atoms with Crippen molar-refractivity contribution < 1.29 is 9.90 Å². The van der Waals surface area contributed by atoms with E-state index in [0.717, 1.165) is 25.7 Å². The lowest BCUT2D eigenvalue weighted by Gasteiger charge is -2.30. The molecular weight excluding hydrogens is 262 g/mol. The maximum Gasteiger partial charge on any atom is 0.325 e. The Hall–Kier alpha value is -1.14. The number of thioether (sulfide) groups is 1. The van der Waals surface area contributed by atoms with Gasteiger partial charge in [-0.3, -0.25) is 10.1 Å². The molecule has 0 saturated heterocycles. The quantitative estimate of drug-likeness (QED) is 0.583. The molecule has 0 aromatic carbocycles. The minimum absolute atomic E-state index is 0.252. The summed E-state index contributed by atoms with van der Waals surface area (Å²) in [7, 11) is 0. The van der Waals surface area contributed by atoms with Crippen LogP contribution >= 0.6 is 11.8 Å². The van der Waals surface area contributed by atoms with Crippen LogP contribution in [-0.2, 0) is 4.79 Å². The van der Waals surface area contributed by atoms with E-state index < -0.39 is 11.5 Å². The molecule has 0 aliphatic heterocycles. The molecule has 19 heavy (non-hydrogen) atoms. The number of carboxylic acid groups (broad SMARTS) is 1. The Morgan fingerprint density at radius 1 is 1.37 bits per heavy atom. The Morgan fingerprint density at radius 2 is 2.05 bits per heavy atom. The first-order valence-corrected chi connectivity index (χ1v) is 7.60. The van der Waals surface area contributed by atoms with Gasteiger partial charge in [0, 0.05) is 24.2 Å². The normalized spacial score (nSPS) is 21.9. The van der Waals surface area contributed by atoms with Crippen molar-refractivity contribution in [1.82, 2.24) is 15.3 Å². The van der Waals surface area contributed by atoms with Crippen molar-refractivity contribution in [2.75, 3.05) is 5.75 Å². The van der Waals surface area contributed by atoms with Gasteiger partial charge in [-0.1, -0.05) is 11.8 Å². The summed E-state index contributed by atoms with van der Waals surface area (Å²) in [5.74, 6) is 0.0141. The van der Waals surface area contributed by atoms with Crippen LogP contribution in [-0.4, -0.2) is 38.4 Å². The van der Waals surface area contributed by atoms with Crippen molar-refractivity contribution in [2.24, 2.45) is 5.92 Å². The van der Waals surface area contributed by atoms with Crippen LogP contribution in [0.25, 0.3) is 0 Å². The highest BCUT2D eigenvalue weighted by Crippen LogP contribution is 2.44. The molecule has 1 atom stereocenters. The van der Waals surface area contributed by atoms with Crippen molar-refractivity contribution in [2.45, 2.75) is 42.4 Å². The van der Waals surface area contributed by atoms with E-state index in [4.69, 9.17) is 0 Å². The minimum Gasteiger partial charge on any atom is -0.480 e. The number of nitrogens with one attached hydrogen (secondary N) is 1. The summed E-state index contributed by atoms with van der Waals surface area (Å²) in [6.07, 6.45) is 7.55. The number of carboxylic acids is 1. The lowest BCUT2D eigenvalue weighted by Crippen LogP contribution is -2.57. The molecule has 1 aromatic heterocycles. The Bertz CT molecular complexity index is 462. The molecule has 1 unspecified atom stereocenters. The van der Waals surface area contributed by atoms with Crippen LogP contribution in [0.3, 0.4) is 0 Å². The summed E-state index contributed by atoms with van der Waals surface area (Å²) in [6.45, 7) is 0. The van der Waals surface area contributed by atoms with Gasteiger partial charge in [0.2, 0.25) is 0 Å². The number of hydrogen-bond acceptors (Lipinski definition) is 5. The maximum absolute atomic E-state index is 11.8. The van der Waals surface area contributed by atoms with Gasteiger partial charge in [-0.2, -0.15) is 0 Å². The van der Waals surface area contributed by atoms with E-state index in [0.29, 0.717) is 17.0 Å². The van der Waals surface area contributed by atoms with Gasteiger partial charge in [-0.25, -0.2) is 9.97 Å². The van der Waals surface area contributed by atoms with E-state index in [1.165, 1.54) is 11.8 Å². The third kappa shape index (κ3) is 2.90. The Labute approximate surface area is 116 Å². The van der Waals surface area contributed by atoms with Crippen LogP contribution in [0.15, 0.2) is 23.6 Å². The summed E-state index contributed by atoms with van der Waals surface area (Å²) in [5.41, 5.74) is -0.801. The average molecular weight is 279 g/mol. The average Bonchev–Trinajstić information content (AvgIpc) is 3.28. The second-order valence-corrected chi connectivity index (χ2v) is 6.23. The van der Waals surface area contributed by atoms with Crippen molar-refractivity contribution in [1.29, 1.82) is 0 Å². The van der Waals surface area contributed by atoms with Crippen molar-refractivity contribution in [3.63, 3.8) is 0 Å². The monoisotopic (exact) mass is 279 g/mol. The molecule has 2 saturated carbocycles. The molecule has 6 heteroatoms. The molecule has 0 bridgehead atoms. The summed E-state index contributed by atoms with van der Waals surface area (Å²) < 4.78 is 0. The fraction of sp³-hybridized carbons (Fsp3) is 0.615. The lowest BCUT2D eigenvalue weighted by molar-refractivity contribution is -0.145. The first-order chi connectivity index (χ1) is 9.21. The van der Waals surface area contributed by atoms with E-state index in [9.17, 15) is 9.90 Å². The lowest BCUT2D eigenvalue weighted by atomic mass is 9.95. The van der Waals surface area contributed by atoms with Gasteiger partial charge in [0.25, 0.3) is 0 Å². The second-order valence-electron chi connectivity index (χ2n) is 5.29.